The number of thioether (sulfide) groups is 1. The molecule has 0 fully saturated rings. The molecule has 0 aliphatic rings. The molecule has 0 bridgehead atoms. The Morgan fingerprint density at radius 2 is 1.95 bits per heavy atom. The van der Waals surface area contributed by atoms with E-state index < -0.39 is 0 Å². The van der Waals surface area contributed by atoms with E-state index in [1.54, 1.807) is 11.8 Å². The fourth-order valence-electron chi connectivity index (χ4n) is 2.09. The van der Waals surface area contributed by atoms with E-state index in [0.717, 1.165) is 29.0 Å². The molecule has 3 nitrogen and oxygen atoms in total. The Morgan fingerprint density at radius 1 is 1.35 bits per heavy atom. The normalized spacial score (nSPS) is 11.8. The second-order valence-corrected chi connectivity index (χ2v) is 6.49. The lowest BCUT2D eigenvalue weighted by molar-refractivity contribution is -0.115. The highest BCUT2D eigenvalue weighted by molar-refractivity contribution is 8.00. The van der Waals surface area contributed by atoms with Crippen molar-refractivity contribution in [2.75, 3.05) is 11.1 Å². The van der Waals surface area contributed by atoms with Crippen LogP contribution in [0.5, 0.6) is 0 Å². The van der Waals surface area contributed by atoms with Gasteiger partial charge in [0.1, 0.15) is 0 Å². The van der Waals surface area contributed by atoms with Gasteiger partial charge in [0.05, 0.1) is 11.3 Å². The van der Waals surface area contributed by atoms with E-state index in [1.807, 2.05) is 20.8 Å². The van der Waals surface area contributed by atoms with E-state index >= 15 is 0 Å². The van der Waals surface area contributed by atoms with Crippen LogP contribution in [-0.4, -0.2) is 16.9 Å². The Bertz CT molecular complexity index is 497. The molecule has 4 heteroatoms. The minimum Gasteiger partial charge on any atom is -0.325 e. The molecule has 108 valence electrons. The molecular formula is C16H22N2OS. The van der Waals surface area contributed by atoms with Crippen LogP contribution >= 0.6 is 11.8 Å². The maximum Gasteiger partial charge on any atom is 0.237 e. The Labute approximate surface area is 125 Å². The molecule has 1 aromatic carbocycles. The highest BCUT2D eigenvalue weighted by atomic mass is 32.2. The average Bonchev–Trinajstić information content (AvgIpc) is 2.38. The van der Waals surface area contributed by atoms with Gasteiger partial charge >= 0.3 is 0 Å². The van der Waals surface area contributed by atoms with Crippen molar-refractivity contribution in [2.45, 2.75) is 45.8 Å². The van der Waals surface area contributed by atoms with Gasteiger partial charge in [0.15, 0.2) is 0 Å². The van der Waals surface area contributed by atoms with Crippen molar-refractivity contribution in [3.05, 3.63) is 28.8 Å². The summed E-state index contributed by atoms with van der Waals surface area (Å²) in [5, 5.41) is 11.4. The summed E-state index contributed by atoms with van der Waals surface area (Å²) in [4.78, 5) is 12.2. The predicted molar refractivity (Wildman–Crippen MR) is 86.0 cm³/mol. The number of nitriles is 1. The Kier molecular flexibility index (Phi) is 6.60. The van der Waals surface area contributed by atoms with E-state index in [0.29, 0.717) is 6.42 Å². The summed E-state index contributed by atoms with van der Waals surface area (Å²) in [6.45, 7) is 7.99. The summed E-state index contributed by atoms with van der Waals surface area (Å²) in [5.41, 5.74) is 4.32. The molecule has 1 unspecified atom stereocenters. The maximum absolute atomic E-state index is 12.2. The van der Waals surface area contributed by atoms with Crippen LogP contribution in [0.1, 0.15) is 36.5 Å². The molecule has 0 aliphatic heterocycles. The maximum atomic E-state index is 12.2. The van der Waals surface area contributed by atoms with Crippen molar-refractivity contribution < 1.29 is 4.79 Å². The standard InChI is InChI=1S/C16H22N2OS/c1-11-9-12(2)15(13(3)10-11)18-16(19)14(4)20-8-6-5-7-17/h9-10,14H,5-6,8H2,1-4H3,(H,18,19). The van der Waals surface area contributed by atoms with Crippen LogP contribution in [0.25, 0.3) is 0 Å². The van der Waals surface area contributed by atoms with Gasteiger partial charge in [0.2, 0.25) is 5.91 Å². The Hall–Kier alpha value is -1.47. The highest BCUT2D eigenvalue weighted by Crippen LogP contribution is 2.23. The molecule has 0 aromatic heterocycles. The number of unbranched alkanes of at least 4 members (excludes halogenated alkanes) is 1. The third kappa shape index (κ3) is 4.90. The molecule has 20 heavy (non-hydrogen) atoms. The monoisotopic (exact) mass is 290 g/mol. The van der Waals surface area contributed by atoms with E-state index in [-0.39, 0.29) is 11.2 Å². The molecule has 1 rings (SSSR count). The number of anilines is 1. The number of rotatable bonds is 6. The topological polar surface area (TPSA) is 52.9 Å². The zero-order valence-corrected chi connectivity index (χ0v) is 13.4. The molecule has 0 radical (unpaired) electrons. The zero-order chi connectivity index (χ0) is 15.1. The minimum absolute atomic E-state index is 0.0296. The average molecular weight is 290 g/mol. The molecule has 0 saturated heterocycles. The lowest BCUT2D eigenvalue weighted by Crippen LogP contribution is -2.23. The number of amides is 1. The fraction of sp³-hybridized carbons (Fsp3) is 0.500. The summed E-state index contributed by atoms with van der Waals surface area (Å²) in [7, 11) is 0. The van der Waals surface area contributed by atoms with Crippen LogP contribution in [0, 0.1) is 32.1 Å². The van der Waals surface area contributed by atoms with Gasteiger partial charge in [-0.3, -0.25) is 4.79 Å². The molecule has 1 N–H and O–H groups in total. The number of nitrogens with one attached hydrogen (secondary N) is 1. The van der Waals surface area contributed by atoms with Gasteiger partial charge in [-0.1, -0.05) is 17.7 Å². The molecule has 0 aliphatic carbocycles. The first-order valence-electron chi connectivity index (χ1n) is 6.83. The summed E-state index contributed by atoms with van der Waals surface area (Å²) >= 11 is 1.60. The van der Waals surface area contributed by atoms with Gasteiger partial charge in [-0.25, -0.2) is 0 Å². The Balaban J connectivity index is 2.60. The third-order valence-electron chi connectivity index (χ3n) is 3.10. The van der Waals surface area contributed by atoms with Gasteiger partial charge in [0.25, 0.3) is 0 Å². The van der Waals surface area contributed by atoms with Crippen LogP contribution in [0.2, 0.25) is 0 Å². The van der Waals surface area contributed by atoms with Gasteiger partial charge in [-0.15, -0.1) is 11.8 Å². The van der Waals surface area contributed by atoms with Crippen molar-refractivity contribution in [1.29, 1.82) is 5.26 Å². The molecular weight excluding hydrogens is 268 g/mol. The van der Waals surface area contributed by atoms with Crippen LogP contribution in [0.3, 0.4) is 0 Å². The number of hydrogen-bond donors (Lipinski definition) is 1. The first kappa shape index (κ1) is 16.6. The molecule has 0 heterocycles. The quantitative estimate of drug-likeness (QED) is 0.806. The lowest BCUT2D eigenvalue weighted by Gasteiger charge is -2.16. The first-order chi connectivity index (χ1) is 9.45. The van der Waals surface area contributed by atoms with Gasteiger partial charge < -0.3 is 5.32 Å². The zero-order valence-electron chi connectivity index (χ0n) is 12.6. The van der Waals surface area contributed by atoms with Crippen molar-refractivity contribution in [3.63, 3.8) is 0 Å². The van der Waals surface area contributed by atoms with Crippen LogP contribution in [0.4, 0.5) is 5.69 Å². The largest absolute Gasteiger partial charge is 0.325 e. The fourth-order valence-corrected chi connectivity index (χ4v) is 2.96. The minimum atomic E-state index is -0.103. The van der Waals surface area contributed by atoms with E-state index in [4.69, 9.17) is 5.26 Å². The second-order valence-electron chi connectivity index (χ2n) is 5.04. The lowest BCUT2D eigenvalue weighted by atomic mass is 10.1. The number of hydrogen-bond acceptors (Lipinski definition) is 3. The SMILES string of the molecule is Cc1cc(C)c(NC(=O)C(C)SCCCC#N)c(C)c1. The summed E-state index contributed by atoms with van der Waals surface area (Å²) in [6.07, 6.45) is 1.39. The smallest absolute Gasteiger partial charge is 0.237 e. The molecule has 1 atom stereocenters. The summed E-state index contributed by atoms with van der Waals surface area (Å²) < 4.78 is 0. The van der Waals surface area contributed by atoms with E-state index in [1.165, 1.54) is 5.56 Å². The van der Waals surface area contributed by atoms with Crippen molar-refractivity contribution in [1.82, 2.24) is 0 Å². The molecule has 0 saturated carbocycles. The van der Waals surface area contributed by atoms with Gasteiger partial charge in [0, 0.05) is 12.1 Å². The second kappa shape index (κ2) is 7.96. The highest BCUT2D eigenvalue weighted by Gasteiger charge is 2.15. The molecule has 0 spiro atoms. The number of aryl methyl sites for hydroxylation is 3. The van der Waals surface area contributed by atoms with Gasteiger partial charge in [-0.05, 0) is 51.0 Å². The van der Waals surface area contributed by atoms with Crippen molar-refractivity contribution in [3.8, 4) is 6.07 Å². The van der Waals surface area contributed by atoms with Gasteiger partial charge in [-0.2, -0.15) is 5.26 Å². The van der Waals surface area contributed by atoms with Crippen LogP contribution in [0.15, 0.2) is 12.1 Å². The van der Waals surface area contributed by atoms with E-state index in [9.17, 15) is 4.79 Å². The summed E-state index contributed by atoms with van der Waals surface area (Å²) in [6, 6.07) is 6.27. The van der Waals surface area contributed by atoms with Crippen LogP contribution < -0.4 is 5.32 Å². The van der Waals surface area contributed by atoms with E-state index in [2.05, 4.69) is 30.4 Å². The molecule has 1 amide bonds. The third-order valence-corrected chi connectivity index (χ3v) is 4.33. The summed E-state index contributed by atoms with van der Waals surface area (Å²) in [5.74, 6) is 0.871. The number of benzene rings is 1. The predicted octanol–water partition coefficient (Wildman–Crippen LogP) is 3.98. The molecule has 1 aromatic rings. The first-order valence-corrected chi connectivity index (χ1v) is 7.88. The number of carbonyl (C=O) groups excluding carboxylic acids is 1. The van der Waals surface area contributed by atoms with Crippen LogP contribution in [-0.2, 0) is 4.79 Å². The number of nitrogens with zero attached hydrogens (tertiary/aromatic N) is 1. The Morgan fingerprint density at radius 3 is 2.50 bits per heavy atom. The number of carbonyl (C=O) groups is 1. The van der Waals surface area contributed by atoms with Crippen molar-refractivity contribution >= 4 is 23.4 Å². The van der Waals surface area contributed by atoms with Crippen molar-refractivity contribution in [2.24, 2.45) is 0 Å².